The molecule has 0 spiro atoms. The molecule has 1 aliphatic rings. The van der Waals surface area contributed by atoms with Crippen molar-refractivity contribution in [3.8, 4) is 0 Å². The second kappa shape index (κ2) is 9.48. The number of anilines is 2. The number of aromatic nitrogens is 2. The molecule has 1 heterocycles. The topological polar surface area (TPSA) is 84.0 Å². The van der Waals surface area contributed by atoms with Crippen LogP contribution in [0.15, 0.2) is 33.1 Å². The number of rotatable bonds is 6. The standard InChI is InChI=1S/C17H19BrN4O2S2/c18-12-6-8-13(9-7-12)19-14(23)10-25-17-22-21-16(26-17)20-15(24)11-4-2-1-3-5-11/h6-9,11H,1-5,10H2,(H,19,23)(H,20,21,24). The van der Waals surface area contributed by atoms with Crippen molar-refractivity contribution in [2.24, 2.45) is 5.92 Å². The van der Waals surface area contributed by atoms with Crippen molar-refractivity contribution in [1.29, 1.82) is 0 Å². The first kappa shape index (κ1) is 19.3. The number of hydrogen-bond donors (Lipinski definition) is 2. The molecule has 0 bridgehead atoms. The van der Waals surface area contributed by atoms with E-state index in [1.165, 1.54) is 29.5 Å². The van der Waals surface area contributed by atoms with Crippen molar-refractivity contribution in [2.75, 3.05) is 16.4 Å². The Morgan fingerprint density at radius 2 is 1.85 bits per heavy atom. The van der Waals surface area contributed by atoms with Gasteiger partial charge in [-0.05, 0) is 37.1 Å². The van der Waals surface area contributed by atoms with Crippen molar-refractivity contribution in [1.82, 2.24) is 10.2 Å². The van der Waals surface area contributed by atoms with E-state index in [9.17, 15) is 9.59 Å². The molecular weight excluding hydrogens is 436 g/mol. The monoisotopic (exact) mass is 454 g/mol. The van der Waals surface area contributed by atoms with Crippen LogP contribution in [0.4, 0.5) is 10.8 Å². The SMILES string of the molecule is O=C(CSc1nnc(NC(=O)C2CCCCC2)s1)Nc1ccc(Br)cc1. The van der Waals surface area contributed by atoms with Crippen LogP contribution in [-0.2, 0) is 9.59 Å². The first-order chi connectivity index (χ1) is 12.6. The fraction of sp³-hybridized carbons (Fsp3) is 0.412. The fourth-order valence-corrected chi connectivity index (χ4v) is 4.57. The van der Waals surface area contributed by atoms with Gasteiger partial charge in [0, 0.05) is 16.1 Å². The van der Waals surface area contributed by atoms with Crippen LogP contribution >= 0.6 is 39.0 Å². The van der Waals surface area contributed by atoms with Gasteiger partial charge in [-0.25, -0.2) is 0 Å². The predicted octanol–water partition coefficient (Wildman–Crippen LogP) is 4.55. The van der Waals surface area contributed by atoms with Crippen molar-refractivity contribution < 1.29 is 9.59 Å². The van der Waals surface area contributed by atoms with Crippen molar-refractivity contribution >= 4 is 61.7 Å². The summed E-state index contributed by atoms with van der Waals surface area (Å²) in [5, 5.41) is 14.2. The van der Waals surface area contributed by atoms with E-state index in [1.54, 1.807) is 0 Å². The van der Waals surface area contributed by atoms with Gasteiger partial charge >= 0.3 is 0 Å². The summed E-state index contributed by atoms with van der Waals surface area (Å²) in [4.78, 5) is 24.2. The highest BCUT2D eigenvalue weighted by Crippen LogP contribution is 2.28. The number of amides is 2. The van der Waals surface area contributed by atoms with Gasteiger partial charge in [0.1, 0.15) is 0 Å². The molecule has 0 saturated heterocycles. The Balaban J connectivity index is 1.45. The summed E-state index contributed by atoms with van der Waals surface area (Å²) in [6, 6.07) is 7.40. The number of carbonyl (C=O) groups is 2. The number of halogens is 1. The largest absolute Gasteiger partial charge is 0.325 e. The lowest BCUT2D eigenvalue weighted by Gasteiger charge is -2.19. The molecule has 0 atom stereocenters. The molecule has 0 aliphatic heterocycles. The van der Waals surface area contributed by atoms with Gasteiger partial charge in [-0.1, -0.05) is 58.3 Å². The fourth-order valence-electron chi connectivity index (χ4n) is 2.75. The lowest BCUT2D eigenvalue weighted by molar-refractivity contribution is -0.120. The quantitative estimate of drug-likeness (QED) is 0.493. The second-order valence-electron chi connectivity index (χ2n) is 6.04. The zero-order chi connectivity index (χ0) is 18.4. The molecule has 0 radical (unpaired) electrons. The van der Waals surface area contributed by atoms with Crippen LogP contribution in [-0.4, -0.2) is 27.8 Å². The summed E-state index contributed by atoms with van der Waals surface area (Å²) in [5.74, 6) is 0.243. The summed E-state index contributed by atoms with van der Waals surface area (Å²) in [7, 11) is 0. The van der Waals surface area contributed by atoms with Gasteiger partial charge in [0.25, 0.3) is 0 Å². The van der Waals surface area contributed by atoms with E-state index in [0.29, 0.717) is 9.47 Å². The van der Waals surface area contributed by atoms with Crippen molar-refractivity contribution in [3.05, 3.63) is 28.7 Å². The van der Waals surface area contributed by atoms with Gasteiger partial charge in [-0.3, -0.25) is 9.59 Å². The van der Waals surface area contributed by atoms with Crippen LogP contribution in [0.5, 0.6) is 0 Å². The molecule has 1 aliphatic carbocycles. The van der Waals surface area contributed by atoms with E-state index in [-0.39, 0.29) is 23.5 Å². The highest BCUT2D eigenvalue weighted by molar-refractivity contribution is 9.10. The number of hydrogen-bond acceptors (Lipinski definition) is 6. The summed E-state index contributed by atoms with van der Waals surface area (Å²) in [6.07, 6.45) is 5.34. The minimum Gasteiger partial charge on any atom is -0.325 e. The van der Waals surface area contributed by atoms with Gasteiger partial charge in [0.15, 0.2) is 4.34 Å². The van der Waals surface area contributed by atoms with E-state index in [0.717, 1.165) is 35.8 Å². The number of nitrogens with one attached hydrogen (secondary N) is 2. The molecule has 26 heavy (non-hydrogen) atoms. The van der Waals surface area contributed by atoms with E-state index >= 15 is 0 Å². The second-order valence-corrected chi connectivity index (χ2v) is 9.16. The third-order valence-electron chi connectivity index (χ3n) is 4.07. The van der Waals surface area contributed by atoms with Gasteiger partial charge in [-0.2, -0.15) is 0 Å². The third kappa shape index (κ3) is 5.78. The van der Waals surface area contributed by atoms with Crippen LogP contribution < -0.4 is 10.6 Å². The maximum atomic E-state index is 12.2. The molecule has 1 aromatic heterocycles. The number of benzene rings is 1. The highest BCUT2D eigenvalue weighted by atomic mass is 79.9. The molecule has 6 nitrogen and oxygen atoms in total. The first-order valence-electron chi connectivity index (χ1n) is 8.43. The molecule has 2 aromatic rings. The van der Waals surface area contributed by atoms with Gasteiger partial charge in [0.05, 0.1) is 5.75 Å². The summed E-state index contributed by atoms with van der Waals surface area (Å²) in [6.45, 7) is 0. The van der Waals surface area contributed by atoms with Gasteiger partial charge in [0.2, 0.25) is 16.9 Å². The summed E-state index contributed by atoms with van der Waals surface area (Å²) < 4.78 is 1.62. The van der Waals surface area contributed by atoms with Crippen LogP contribution in [0, 0.1) is 5.92 Å². The molecule has 1 saturated carbocycles. The molecular formula is C17H19BrN4O2S2. The molecule has 138 valence electrons. The van der Waals surface area contributed by atoms with Crippen molar-refractivity contribution in [2.45, 2.75) is 36.4 Å². The Morgan fingerprint density at radius 3 is 2.58 bits per heavy atom. The zero-order valence-electron chi connectivity index (χ0n) is 14.0. The maximum Gasteiger partial charge on any atom is 0.234 e. The van der Waals surface area contributed by atoms with Gasteiger partial charge in [-0.15, -0.1) is 10.2 Å². The van der Waals surface area contributed by atoms with Crippen LogP contribution in [0.2, 0.25) is 0 Å². The van der Waals surface area contributed by atoms with E-state index in [1.807, 2.05) is 24.3 Å². The van der Waals surface area contributed by atoms with E-state index in [2.05, 4.69) is 36.8 Å². The third-order valence-corrected chi connectivity index (χ3v) is 6.57. The summed E-state index contributed by atoms with van der Waals surface area (Å²) in [5.41, 5.74) is 0.747. The smallest absolute Gasteiger partial charge is 0.234 e. The van der Waals surface area contributed by atoms with E-state index < -0.39 is 0 Å². The Bertz CT molecular complexity index is 760. The molecule has 3 rings (SSSR count). The molecule has 9 heteroatoms. The predicted molar refractivity (Wildman–Crippen MR) is 109 cm³/mol. The minimum atomic E-state index is -0.111. The molecule has 0 unspecified atom stereocenters. The van der Waals surface area contributed by atoms with Crippen LogP contribution in [0.1, 0.15) is 32.1 Å². The normalized spacial score (nSPS) is 14.8. The van der Waals surface area contributed by atoms with Crippen LogP contribution in [0.3, 0.4) is 0 Å². The van der Waals surface area contributed by atoms with E-state index in [4.69, 9.17) is 0 Å². The van der Waals surface area contributed by atoms with Crippen LogP contribution in [0.25, 0.3) is 0 Å². The lowest BCUT2D eigenvalue weighted by atomic mass is 9.89. The molecule has 2 N–H and O–H groups in total. The number of nitrogens with zero attached hydrogens (tertiary/aromatic N) is 2. The Kier molecular flexibility index (Phi) is 7.04. The molecule has 2 amide bonds. The Hall–Kier alpha value is -1.45. The molecule has 1 aromatic carbocycles. The van der Waals surface area contributed by atoms with Crippen molar-refractivity contribution in [3.63, 3.8) is 0 Å². The minimum absolute atomic E-state index is 0.0328. The highest BCUT2D eigenvalue weighted by Gasteiger charge is 2.22. The Morgan fingerprint density at radius 1 is 1.12 bits per heavy atom. The summed E-state index contributed by atoms with van der Waals surface area (Å²) >= 11 is 5.96. The average Bonchev–Trinajstić information content (AvgIpc) is 3.10. The maximum absolute atomic E-state index is 12.2. The Labute approximate surface area is 168 Å². The number of thioether (sulfide) groups is 1. The van der Waals surface area contributed by atoms with Gasteiger partial charge < -0.3 is 10.6 Å². The number of carbonyl (C=O) groups excluding carboxylic acids is 2. The zero-order valence-corrected chi connectivity index (χ0v) is 17.3. The lowest BCUT2D eigenvalue weighted by Crippen LogP contribution is -2.24. The molecule has 1 fully saturated rings. The first-order valence-corrected chi connectivity index (χ1v) is 11.0. The average molecular weight is 455 g/mol.